The summed E-state index contributed by atoms with van der Waals surface area (Å²) in [5, 5.41) is 3.04. The largest absolute Gasteiger partial charge is 0.383 e. The summed E-state index contributed by atoms with van der Waals surface area (Å²) in [5.74, 6) is 0.298. The van der Waals surface area contributed by atoms with Crippen LogP contribution in [0.4, 0.5) is 0 Å². The van der Waals surface area contributed by atoms with Crippen molar-refractivity contribution in [1.82, 2.24) is 5.32 Å². The highest BCUT2D eigenvalue weighted by Gasteiger charge is 2.19. The Bertz CT molecular complexity index is 186. The monoisotopic (exact) mass is 244 g/mol. The zero-order chi connectivity index (χ0) is 13.1. The van der Waals surface area contributed by atoms with Crippen LogP contribution in [0.25, 0.3) is 0 Å². The number of amides is 1. The number of hydrogen-bond donors (Lipinski definition) is 2. The second-order valence-electron chi connectivity index (χ2n) is 4.51. The van der Waals surface area contributed by atoms with Crippen molar-refractivity contribution in [3.63, 3.8) is 0 Å². The lowest BCUT2D eigenvalue weighted by Crippen LogP contribution is -2.42. The van der Waals surface area contributed by atoms with E-state index in [0.717, 1.165) is 32.1 Å². The number of hydrogen-bond acceptors (Lipinski definition) is 3. The second kappa shape index (κ2) is 10.5. The molecule has 1 amide bonds. The van der Waals surface area contributed by atoms with E-state index in [-0.39, 0.29) is 17.9 Å². The zero-order valence-corrected chi connectivity index (χ0v) is 11.5. The van der Waals surface area contributed by atoms with Gasteiger partial charge in [0, 0.05) is 13.0 Å². The van der Waals surface area contributed by atoms with Gasteiger partial charge >= 0.3 is 0 Å². The van der Waals surface area contributed by atoms with Gasteiger partial charge in [-0.05, 0) is 25.8 Å². The fourth-order valence-electron chi connectivity index (χ4n) is 2.02. The molecular weight excluding hydrogens is 216 g/mol. The molecular formula is C13H28N2O2. The fraction of sp³-hybridized carbons (Fsp3) is 0.923. The van der Waals surface area contributed by atoms with E-state index in [0.29, 0.717) is 13.2 Å². The highest BCUT2D eigenvalue weighted by atomic mass is 16.5. The molecule has 1 unspecified atom stereocenters. The quantitative estimate of drug-likeness (QED) is 0.614. The standard InChI is InChI=1S/C13H28N2O2/c1-4-6-11(7-5-2)13(16)15-12(8-9-14)10-17-3/h11-12H,4-10,14H2,1-3H3,(H,15,16). The minimum Gasteiger partial charge on any atom is -0.383 e. The highest BCUT2D eigenvalue weighted by molar-refractivity contribution is 5.78. The summed E-state index contributed by atoms with van der Waals surface area (Å²) in [6, 6.07) is 0.0497. The molecule has 0 aromatic heterocycles. The molecule has 4 heteroatoms. The first-order valence-corrected chi connectivity index (χ1v) is 6.68. The lowest BCUT2D eigenvalue weighted by atomic mass is 9.97. The average molecular weight is 244 g/mol. The molecule has 0 bridgehead atoms. The summed E-state index contributed by atoms with van der Waals surface area (Å²) in [7, 11) is 1.64. The molecule has 0 aromatic rings. The van der Waals surface area contributed by atoms with Crippen LogP contribution in [-0.4, -0.2) is 32.2 Å². The number of carbonyl (C=O) groups is 1. The Morgan fingerprint density at radius 3 is 2.24 bits per heavy atom. The number of nitrogens with two attached hydrogens (primary N) is 1. The van der Waals surface area contributed by atoms with Gasteiger partial charge in [0.15, 0.2) is 0 Å². The van der Waals surface area contributed by atoms with Crippen molar-refractivity contribution in [2.75, 3.05) is 20.3 Å². The zero-order valence-electron chi connectivity index (χ0n) is 11.5. The molecule has 102 valence electrons. The molecule has 0 fully saturated rings. The van der Waals surface area contributed by atoms with Gasteiger partial charge < -0.3 is 15.8 Å². The number of carbonyl (C=O) groups excluding carboxylic acids is 1. The van der Waals surface area contributed by atoms with Gasteiger partial charge in [-0.1, -0.05) is 26.7 Å². The second-order valence-corrected chi connectivity index (χ2v) is 4.51. The average Bonchev–Trinajstić information content (AvgIpc) is 2.29. The van der Waals surface area contributed by atoms with Crippen LogP contribution < -0.4 is 11.1 Å². The third kappa shape index (κ3) is 7.34. The number of ether oxygens (including phenoxy) is 1. The first kappa shape index (κ1) is 16.4. The molecule has 1 atom stereocenters. The van der Waals surface area contributed by atoms with Gasteiger partial charge in [0.05, 0.1) is 12.6 Å². The lowest BCUT2D eigenvalue weighted by molar-refractivity contribution is -0.126. The maximum Gasteiger partial charge on any atom is 0.223 e. The van der Waals surface area contributed by atoms with E-state index in [4.69, 9.17) is 10.5 Å². The number of rotatable bonds is 10. The highest BCUT2D eigenvalue weighted by Crippen LogP contribution is 2.14. The first-order valence-electron chi connectivity index (χ1n) is 6.68. The molecule has 0 aliphatic heterocycles. The van der Waals surface area contributed by atoms with E-state index in [9.17, 15) is 4.79 Å². The first-order chi connectivity index (χ1) is 8.19. The summed E-state index contributed by atoms with van der Waals surface area (Å²) in [6.07, 6.45) is 4.78. The van der Waals surface area contributed by atoms with Gasteiger partial charge in [-0.2, -0.15) is 0 Å². The van der Waals surface area contributed by atoms with Crippen molar-refractivity contribution in [2.24, 2.45) is 11.7 Å². The van der Waals surface area contributed by atoms with Crippen molar-refractivity contribution in [3.8, 4) is 0 Å². The van der Waals surface area contributed by atoms with Crippen LogP contribution in [0.15, 0.2) is 0 Å². The van der Waals surface area contributed by atoms with Crippen LogP contribution in [0.3, 0.4) is 0 Å². The minimum atomic E-state index is 0.0497. The van der Waals surface area contributed by atoms with Gasteiger partial charge in [0.2, 0.25) is 5.91 Å². The number of nitrogens with one attached hydrogen (secondary N) is 1. The van der Waals surface area contributed by atoms with Crippen molar-refractivity contribution < 1.29 is 9.53 Å². The van der Waals surface area contributed by atoms with E-state index in [2.05, 4.69) is 19.2 Å². The Kier molecular flexibility index (Phi) is 10.2. The molecule has 0 heterocycles. The SMILES string of the molecule is CCCC(CCC)C(=O)NC(CCN)COC. The molecule has 0 rings (SSSR count). The topological polar surface area (TPSA) is 64.4 Å². The van der Waals surface area contributed by atoms with Crippen molar-refractivity contribution in [1.29, 1.82) is 0 Å². The van der Waals surface area contributed by atoms with Crippen LogP contribution in [0.2, 0.25) is 0 Å². The van der Waals surface area contributed by atoms with E-state index in [1.165, 1.54) is 0 Å². The van der Waals surface area contributed by atoms with Gasteiger partial charge in [0.1, 0.15) is 0 Å². The molecule has 4 nitrogen and oxygen atoms in total. The van der Waals surface area contributed by atoms with Gasteiger partial charge in [-0.25, -0.2) is 0 Å². The fourth-order valence-corrected chi connectivity index (χ4v) is 2.02. The summed E-state index contributed by atoms with van der Waals surface area (Å²) in [6.45, 7) is 5.33. The Morgan fingerprint density at radius 2 is 1.82 bits per heavy atom. The normalized spacial score (nSPS) is 12.8. The Morgan fingerprint density at radius 1 is 1.24 bits per heavy atom. The van der Waals surface area contributed by atoms with Gasteiger partial charge in [0.25, 0.3) is 0 Å². The predicted molar refractivity (Wildman–Crippen MR) is 70.8 cm³/mol. The third-order valence-corrected chi connectivity index (χ3v) is 2.87. The van der Waals surface area contributed by atoms with E-state index < -0.39 is 0 Å². The lowest BCUT2D eigenvalue weighted by Gasteiger charge is -2.21. The van der Waals surface area contributed by atoms with Crippen LogP contribution in [0, 0.1) is 5.92 Å². The molecule has 0 aliphatic rings. The van der Waals surface area contributed by atoms with Crippen LogP contribution >= 0.6 is 0 Å². The summed E-state index contributed by atoms with van der Waals surface area (Å²) < 4.78 is 5.09. The summed E-state index contributed by atoms with van der Waals surface area (Å²) in [5.41, 5.74) is 5.52. The Hall–Kier alpha value is -0.610. The molecule has 0 aliphatic carbocycles. The molecule has 0 aromatic carbocycles. The van der Waals surface area contributed by atoms with Crippen molar-refractivity contribution in [3.05, 3.63) is 0 Å². The molecule has 3 N–H and O–H groups in total. The third-order valence-electron chi connectivity index (χ3n) is 2.87. The smallest absolute Gasteiger partial charge is 0.223 e. The van der Waals surface area contributed by atoms with Crippen LogP contribution in [0.5, 0.6) is 0 Å². The van der Waals surface area contributed by atoms with E-state index >= 15 is 0 Å². The summed E-state index contributed by atoms with van der Waals surface area (Å²) >= 11 is 0. The number of methoxy groups -OCH3 is 1. The maximum absolute atomic E-state index is 12.1. The molecule has 0 saturated heterocycles. The summed E-state index contributed by atoms with van der Waals surface area (Å²) in [4.78, 5) is 12.1. The van der Waals surface area contributed by atoms with E-state index in [1.54, 1.807) is 7.11 Å². The van der Waals surface area contributed by atoms with Crippen LogP contribution in [-0.2, 0) is 9.53 Å². The van der Waals surface area contributed by atoms with Gasteiger partial charge in [-0.3, -0.25) is 4.79 Å². The minimum absolute atomic E-state index is 0.0497. The van der Waals surface area contributed by atoms with Crippen molar-refractivity contribution >= 4 is 5.91 Å². The van der Waals surface area contributed by atoms with Crippen molar-refractivity contribution in [2.45, 2.75) is 52.0 Å². The Balaban J connectivity index is 4.22. The molecule has 0 spiro atoms. The Labute approximate surface area is 105 Å². The van der Waals surface area contributed by atoms with Gasteiger partial charge in [-0.15, -0.1) is 0 Å². The molecule has 0 saturated carbocycles. The van der Waals surface area contributed by atoms with E-state index in [1.807, 2.05) is 0 Å². The molecule has 0 radical (unpaired) electrons. The van der Waals surface area contributed by atoms with Crippen LogP contribution in [0.1, 0.15) is 46.0 Å². The predicted octanol–water partition coefficient (Wildman–Crippen LogP) is 1.68. The molecule has 17 heavy (non-hydrogen) atoms. The maximum atomic E-state index is 12.1.